The van der Waals surface area contributed by atoms with Crippen LogP contribution in [0.5, 0.6) is 0 Å². The maximum atomic E-state index is 13.9. The smallest absolute Gasteiger partial charge is 0.255 e. The van der Waals surface area contributed by atoms with Crippen molar-refractivity contribution in [2.24, 2.45) is 0 Å². The summed E-state index contributed by atoms with van der Waals surface area (Å²) in [6.45, 7) is 3.09. The summed E-state index contributed by atoms with van der Waals surface area (Å²) in [4.78, 5) is 21.3. The van der Waals surface area contributed by atoms with E-state index in [-0.39, 0.29) is 17.5 Å². The monoisotopic (exact) mass is 423 g/mol. The first-order valence-electron chi connectivity index (χ1n) is 9.29. The molecule has 1 aromatic heterocycles. The summed E-state index contributed by atoms with van der Waals surface area (Å²) in [6.07, 6.45) is 3.46. The van der Waals surface area contributed by atoms with Crippen molar-refractivity contribution in [1.29, 1.82) is 0 Å². The van der Waals surface area contributed by atoms with Crippen LogP contribution in [0.25, 0.3) is 0 Å². The number of hydrogen-bond donors (Lipinski definition) is 0. The number of pyridine rings is 1. The number of amides is 1. The number of morpholine rings is 1. The predicted octanol–water partition coefficient (Wildman–Crippen LogP) is 4.34. The SMILES string of the molecule is O=C(c1ccc(N2CCCC2)nc1)N1CCOC(c2cc(F)c(Cl)cc2Cl)C1. The largest absolute Gasteiger partial charge is 0.370 e. The van der Waals surface area contributed by atoms with Crippen LogP contribution in [0.4, 0.5) is 10.2 Å². The minimum atomic E-state index is -0.560. The van der Waals surface area contributed by atoms with Crippen LogP contribution < -0.4 is 4.90 Å². The summed E-state index contributed by atoms with van der Waals surface area (Å²) < 4.78 is 19.6. The zero-order valence-corrected chi connectivity index (χ0v) is 16.7. The third kappa shape index (κ3) is 3.95. The molecule has 148 valence electrons. The molecular weight excluding hydrogens is 404 g/mol. The fraction of sp³-hybridized carbons (Fsp3) is 0.400. The third-order valence-electron chi connectivity index (χ3n) is 5.17. The number of hydrogen-bond acceptors (Lipinski definition) is 4. The van der Waals surface area contributed by atoms with Crippen LogP contribution in [0.2, 0.25) is 10.0 Å². The van der Waals surface area contributed by atoms with Gasteiger partial charge in [0.2, 0.25) is 0 Å². The van der Waals surface area contributed by atoms with Crippen molar-refractivity contribution in [3.05, 3.63) is 57.5 Å². The van der Waals surface area contributed by atoms with Gasteiger partial charge >= 0.3 is 0 Å². The molecule has 0 bridgehead atoms. The van der Waals surface area contributed by atoms with Gasteiger partial charge in [0.1, 0.15) is 17.7 Å². The van der Waals surface area contributed by atoms with Gasteiger partial charge in [-0.3, -0.25) is 4.79 Å². The molecule has 2 aromatic rings. The first-order valence-corrected chi connectivity index (χ1v) is 10.0. The number of anilines is 1. The lowest BCUT2D eigenvalue weighted by Gasteiger charge is -2.33. The van der Waals surface area contributed by atoms with E-state index in [2.05, 4.69) is 9.88 Å². The Hall–Kier alpha value is -1.89. The maximum absolute atomic E-state index is 13.9. The molecule has 1 atom stereocenters. The van der Waals surface area contributed by atoms with Crippen LogP contribution in [-0.2, 0) is 4.74 Å². The molecule has 8 heteroatoms. The zero-order valence-electron chi connectivity index (χ0n) is 15.2. The van der Waals surface area contributed by atoms with Crippen LogP contribution >= 0.6 is 23.2 Å². The molecule has 0 aliphatic carbocycles. The van der Waals surface area contributed by atoms with Crippen molar-refractivity contribution in [3.8, 4) is 0 Å². The molecule has 0 spiro atoms. The van der Waals surface area contributed by atoms with Crippen LogP contribution in [0.1, 0.15) is 34.9 Å². The van der Waals surface area contributed by atoms with Crippen LogP contribution in [0.3, 0.4) is 0 Å². The summed E-state index contributed by atoms with van der Waals surface area (Å²) in [5.41, 5.74) is 1.01. The molecule has 2 fully saturated rings. The second kappa shape index (κ2) is 8.23. The lowest BCUT2D eigenvalue weighted by molar-refractivity contribution is -0.0229. The molecule has 2 aliphatic rings. The van der Waals surface area contributed by atoms with E-state index in [9.17, 15) is 9.18 Å². The highest BCUT2D eigenvalue weighted by Crippen LogP contribution is 2.32. The number of halogens is 3. The first kappa shape index (κ1) is 19.4. The minimum absolute atomic E-state index is 0.0401. The van der Waals surface area contributed by atoms with Gasteiger partial charge in [-0.2, -0.15) is 0 Å². The van der Waals surface area contributed by atoms with Crippen LogP contribution in [-0.4, -0.2) is 48.6 Å². The molecule has 4 rings (SSSR count). The van der Waals surface area contributed by atoms with Gasteiger partial charge in [-0.05, 0) is 37.1 Å². The summed E-state index contributed by atoms with van der Waals surface area (Å²) in [7, 11) is 0. The number of carbonyl (C=O) groups is 1. The molecular formula is C20H20Cl2FN3O2. The van der Waals surface area contributed by atoms with Gasteiger partial charge in [-0.25, -0.2) is 9.37 Å². The third-order valence-corrected chi connectivity index (χ3v) is 5.78. The second-order valence-corrected chi connectivity index (χ2v) is 7.81. The highest BCUT2D eigenvalue weighted by molar-refractivity contribution is 6.35. The number of carbonyl (C=O) groups excluding carboxylic acids is 1. The molecule has 1 unspecified atom stereocenters. The Morgan fingerprint density at radius 1 is 1.14 bits per heavy atom. The average Bonchev–Trinajstić information content (AvgIpc) is 3.25. The molecule has 3 heterocycles. The molecule has 1 amide bonds. The molecule has 2 saturated heterocycles. The predicted molar refractivity (Wildman–Crippen MR) is 107 cm³/mol. The number of ether oxygens (including phenoxy) is 1. The van der Waals surface area contributed by atoms with Crippen molar-refractivity contribution in [2.45, 2.75) is 18.9 Å². The van der Waals surface area contributed by atoms with Crippen molar-refractivity contribution >= 4 is 34.9 Å². The lowest BCUT2D eigenvalue weighted by Crippen LogP contribution is -2.42. The fourth-order valence-corrected chi connectivity index (χ4v) is 4.14. The van der Waals surface area contributed by atoms with E-state index in [4.69, 9.17) is 27.9 Å². The van der Waals surface area contributed by atoms with E-state index < -0.39 is 11.9 Å². The Morgan fingerprint density at radius 3 is 2.64 bits per heavy atom. The number of aromatic nitrogens is 1. The molecule has 0 N–H and O–H groups in total. The van der Waals surface area contributed by atoms with E-state index in [1.54, 1.807) is 11.1 Å². The molecule has 1 aromatic carbocycles. The van der Waals surface area contributed by atoms with Gasteiger partial charge in [-0.15, -0.1) is 0 Å². The number of rotatable bonds is 3. The molecule has 28 heavy (non-hydrogen) atoms. The average molecular weight is 424 g/mol. The molecule has 0 radical (unpaired) electrons. The summed E-state index contributed by atoms with van der Waals surface area (Å²) in [5, 5.41) is 0.281. The van der Waals surface area contributed by atoms with Crippen molar-refractivity contribution in [3.63, 3.8) is 0 Å². The van der Waals surface area contributed by atoms with Crippen LogP contribution in [0.15, 0.2) is 30.5 Å². The normalized spacial score (nSPS) is 19.9. The second-order valence-electron chi connectivity index (χ2n) is 7.00. The van der Waals surface area contributed by atoms with Crippen LogP contribution in [0, 0.1) is 5.82 Å². The number of benzene rings is 1. The summed E-state index contributed by atoms with van der Waals surface area (Å²) in [5.74, 6) is 0.214. The van der Waals surface area contributed by atoms with Gasteiger partial charge in [0.25, 0.3) is 5.91 Å². The minimum Gasteiger partial charge on any atom is -0.370 e. The van der Waals surface area contributed by atoms with Crippen molar-refractivity contribution in [2.75, 3.05) is 37.7 Å². The van der Waals surface area contributed by atoms with Crippen molar-refractivity contribution < 1.29 is 13.9 Å². The first-order chi connectivity index (χ1) is 13.5. The van der Waals surface area contributed by atoms with Crippen molar-refractivity contribution in [1.82, 2.24) is 9.88 Å². The summed E-state index contributed by atoms with van der Waals surface area (Å²) >= 11 is 12.0. The Kier molecular flexibility index (Phi) is 5.71. The Balaban J connectivity index is 1.48. The standard InChI is InChI=1S/C20H20Cl2FN3O2/c21-15-10-16(22)17(23)9-14(15)18-12-26(7-8-28-18)20(27)13-3-4-19(24-11-13)25-5-1-2-6-25/h3-4,9-11,18H,1-2,5-8,12H2. The van der Waals surface area contributed by atoms with Gasteiger partial charge in [-0.1, -0.05) is 23.2 Å². The molecule has 5 nitrogen and oxygen atoms in total. The highest BCUT2D eigenvalue weighted by Gasteiger charge is 2.28. The van der Waals surface area contributed by atoms with Gasteiger partial charge in [0.15, 0.2) is 0 Å². The van der Waals surface area contributed by atoms with Gasteiger partial charge in [0.05, 0.1) is 23.7 Å². The van der Waals surface area contributed by atoms with Gasteiger partial charge in [0, 0.05) is 36.4 Å². The Morgan fingerprint density at radius 2 is 1.93 bits per heavy atom. The van der Waals surface area contributed by atoms with E-state index in [0.717, 1.165) is 18.9 Å². The lowest BCUT2D eigenvalue weighted by atomic mass is 10.1. The number of nitrogens with zero attached hydrogens (tertiary/aromatic N) is 3. The Labute approximate surface area is 173 Å². The Bertz CT molecular complexity index is 872. The zero-order chi connectivity index (χ0) is 19.7. The topological polar surface area (TPSA) is 45.7 Å². The quantitative estimate of drug-likeness (QED) is 0.688. The fourth-order valence-electron chi connectivity index (χ4n) is 3.64. The molecule has 0 saturated carbocycles. The van der Waals surface area contributed by atoms with E-state index in [1.165, 1.54) is 25.0 Å². The van der Waals surface area contributed by atoms with Gasteiger partial charge < -0.3 is 14.5 Å². The van der Waals surface area contributed by atoms with E-state index >= 15 is 0 Å². The molecule has 2 aliphatic heterocycles. The maximum Gasteiger partial charge on any atom is 0.255 e. The van der Waals surface area contributed by atoms with E-state index in [0.29, 0.717) is 29.3 Å². The van der Waals surface area contributed by atoms with E-state index in [1.807, 2.05) is 12.1 Å². The highest BCUT2D eigenvalue weighted by atomic mass is 35.5. The summed E-state index contributed by atoms with van der Waals surface area (Å²) in [6, 6.07) is 6.33.